The molecule has 0 aromatic heterocycles. The topological polar surface area (TPSA) is 41.1 Å². The van der Waals surface area contributed by atoms with Crippen LogP contribution in [0.2, 0.25) is 15.1 Å². The fourth-order valence-corrected chi connectivity index (χ4v) is 2.71. The molecule has 2 N–H and O–H groups in total. The zero-order chi connectivity index (χ0) is 16.1. The number of hydrogen-bond acceptors (Lipinski definition) is 2. The van der Waals surface area contributed by atoms with Gasteiger partial charge >= 0.3 is 6.03 Å². The van der Waals surface area contributed by atoms with Gasteiger partial charge in [-0.05, 0) is 36.1 Å². The summed E-state index contributed by atoms with van der Waals surface area (Å²) in [7, 11) is 0. The molecule has 2 amide bonds. The third-order valence-electron chi connectivity index (χ3n) is 2.87. The van der Waals surface area contributed by atoms with E-state index in [1.165, 1.54) is 17.0 Å². The van der Waals surface area contributed by atoms with Crippen LogP contribution in [0.15, 0.2) is 41.3 Å². The number of urea groups is 1. The Balaban J connectivity index is 1.94. The van der Waals surface area contributed by atoms with Gasteiger partial charge in [0.05, 0.1) is 20.8 Å². The van der Waals surface area contributed by atoms with E-state index in [9.17, 15) is 4.79 Å². The van der Waals surface area contributed by atoms with Crippen LogP contribution in [0.3, 0.4) is 0 Å². The molecule has 0 spiro atoms. The van der Waals surface area contributed by atoms with Crippen LogP contribution in [0.25, 0.3) is 0 Å². The van der Waals surface area contributed by atoms with E-state index in [2.05, 4.69) is 10.6 Å². The number of hydrogen-bond donors (Lipinski definition) is 2. The maximum atomic E-state index is 11.9. The molecule has 0 bridgehead atoms. The van der Waals surface area contributed by atoms with Crippen LogP contribution in [-0.4, -0.2) is 12.3 Å². The first kappa shape index (κ1) is 17.3. The van der Waals surface area contributed by atoms with E-state index >= 15 is 0 Å². The second-order valence-corrected chi connectivity index (χ2v) is 6.50. The summed E-state index contributed by atoms with van der Waals surface area (Å²) in [6, 6.07) is 10.6. The lowest BCUT2D eigenvalue weighted by Gasteiger charge is -2.10. The molecule has 0 aliphatic heterocycles. The Bertz CT molecular complexity index is 677. The van der Waals surface area contributed by atoms with E-state index in [0.717, 1.165) is 5.56 Å². The summed E-state index contributed by atoms with van der Waals surface area (Å²) in [5, 5.41) is 6.39. The number of carbonyl (C=O) groups is 1. The molecule has 0 saturated carbocycles. The highest BCUT2D eigenvalue weighted by atomic mass is 35.5. The van der Waals surface area contributed by atoms with E-state index in [1.807, 2.05) is 30.5 Å². The fourth-order valence-electron chi connectivity index (χ4n) is 1.71. The fraction of sp³-hybridized carbons (Fsp3) is 0.133. The van der Waals surface area contributed by atoms with Crippen molar-refractivity contribution in [3.05, 3.63) is 57.0 Å². The Morgan fingerprint density at radius 2 is 1.68 bits per heavy atom. The Morgan fingerprint density at radius 3 is 2.32 bits per heavy atom. The molecule has 0 radical (unpaired) electrons. The summed E-state index contributed by atoms with van der Waals surface area (Å²) >= 11 is 19.4. The van der Waals surface area contributed by atoms with E-state index in [0.29, 0.717) is 27.3 Å². The summed E-state index contributed by atoms with van der Waals surface area (Å²) < 4.78 is 0. The van der Waals surface area contributed by atoms with Gasteiger partial charge in [-0.2, -0.15) is 0 Å². The molecule has 0 saturated heterocycles. The van der Waals surface area contributed by atoms with Crippen molar-refractivity contribution in [2.45, 2.75) is 11.4 Å². The van der Waals surface area contributed by atoms with Crippen LogP contribution in [0.1, 0.15) is 5.56 Å². The number of halogens is 3. The molecule has 2 rings (SSSR count). The first-order valence-electron chi connectivity index (χ1n) is 6.32. The summed E-state index contributed by atoms with van der Waals surface area (Å²) in [6.07, 6.45) is 2.02. The van der Waals surface area contributed by atoms with Crippen molar-refractivity contribution in [2.75, 3.05) is 11.6 Å². The third-order valence-corrected chi connectivity index (χ3v) is 4.65. The number of rotatable bonds is 4. The molecule has 0 fully saturated rings. The molecular weight excluding hydrogens is 363 g/mol. The summed E-state index contributed by atoms with van der Waals surface area (Å²) in [4.78, 5) is 13.1. The SMILES string of the molecule is CSc1ccc(CNC(=O)Nc2cc(Cl)c(Cl)cc2Cl)cc1. The van der Waals surface area contributed by atoms with Crippen molar-refractivity contribution >= 4 is 58.3 Å². The second kappa shape index (κ2) is 7.97. The maximum absolute atomic E-state index is 11.9. The number of nitrogens with one attached hydrogen (secondary N) is 2. The van der Waals surface area contributed by atoms with E-state index in [1.54, 1.807) is 11.8 Å². The number of carbonyl (C=O) groups excluding carboxylic acids is 1. The van der Waals surface area contributed by atoms with Crippen LogP contribution >= 0.6 is 46.6 Å². The lowest BCUT2D eigenvalue weighted by molar-refractivity contribution is 0.251. The maximum Gasteiger partial charge on any atom is 0.319 e. The molecule has 3 nitrogen and oxygen atoms in total. The molecule has 0 aliphatic rings. The molecule has 7 heteroatoms. The minimum atomic E-state index is -0.366. The molecule has 116 valence electrons. The standard InChI is InChI=1S/C15H13Cl3N2OS/c1-22-10-4-2-9(3-5-10)8-19-15(21)20-14-7-12(17)11(16)6-13(14)18/h2-7H,8H2,1H3,(H2,19,20,21). The van der Waals surface area contributed by atoms with E-state index < -0.39 is 0 Å². The minimum absolute atomic E-state index is 0.328. The predicted octanol–water partition coefficient (Wildman–Crippen LogP) is 5.69. The second-order valence-electron chi connectivity index (χ2n) is 4.40. The first-order valence-corrected chi connectivity index (χ1v) is 8.68. The van der Waals surface area contributed by atoms with Crippen LogP contribution in [0, 0.1) is 0 Å². The Kier molecular flexibility index (Phi) is 6.26. The van der Waals surface area contributed by atoms with Gasteiger partial charge in [0.2, 0.25) is 0 Å². The van der Waals surface area contributed by atoms with Gasteiger partial charge in [-0.25, -0.2) is 4.79 Å². The van der Waals surface area contributed by atoms with Crippen molar-refractivity contribution in [2.24, 2.45) is 0 Å². The summed E-state index contributed by atoms with van der Waals surface area (Å²) in [5.74, 6) is 0. The van der Waals surface area contributed by atoms with E-state index in [4.69, 9.17) is 34.8 Å². The summed E-state index contributed by atoms with van der Waals surface area (Å²) in [6.45, 7) is 0.416. The van der Waals surface area contributed by atoms with Crippen molar-refractivity contribution in [1.82, 2.24) is 5.32 Å². The van der Waals surface area contributed by atoms with Crippen LogP contribution in [0.4, 0.5) is 10.5 Å². The van der Waals surface area contributed by atoms with Gasteiger partial charge in [0.15, 0.2) is 0 Å². The molecule has 2 aromatic carbocycles. The van der Waals surface area contributed by atoms with Crippen molar-refractivity contribution < 1.29 is 4.79 Å². The quantitative estimate of drug-likeness (QED) is 0.532. The predicted molar refractivity (Wildman–Crippen MR) is 95.6 cm³/mol. The largest absolute Gasteiger partial charge is 0.334 e. The molecule has 0 unspecified atom stereocenters. The molecule has 0 atom stereocenters. The smallest absolute Gasteiger partial charge is 0.319 e. The van der Waals surface area contributed by atoms with Crippen molar-refractivity contribution in [3.8, 4) is 0 Å². The number of amides is 2. The van der Waals surface area contributed by atoms with Gasteiger partial charge in [-0.15, -0.1) is 11.8 Å². The molecule has 0 heterocycles. The van der Waals surface area contributed by atoms with Crippen LogP contribution in [0.5, 0.6) is 0 Å². The highest BCUT2D eigenvalue weighted by molar-refractivity contribution is 7.98. The molecule has 22 heavy (non-hydrogen) atoms. The molecular formula is C15H13Cl3N2OS. The number of anilines is 1. The normalized spacial score (nSPS) is 10.4. The minimum Gasteiger partial charge on any atom is -0.334 e. The molecule has 0 aliphatic carbocycles. The average Bonchev–Trinajstić information content (AvgIpc) is 2.51. The highest BCUT2D eigenvalue weighted by Gasteiger charge is 2.09. The van der Waals surface area contributed by atoms with E-state index in [-0.39, 0.29) is 6.03 Å². The monoisotopic (exact) mass is 374 g/mol. The average molecular weight is 376 g/mol. The van der Waals surface area contributed by atoms with Crippen molar-refractivity contribution in [1.29, 1.82) is 0 Å². The van der Waals surface area contributed by atoms with Crippen molar-refractivity contribution in [3.63, 3.8) is 0 Å². The molecule has 2 aromatic rings. The highest BCUT2D eigenvalue weighted by Crippen LogP contribution is 2.32. The van der Waals surface area contributed by atoms with Gasteiger partial charge in [-0.3, -0.25) is 0 Å². The third kappa shape index (κ3) is 4.71. The first-order chi connectivity index (χ1) is 10.5. The Hall–Kier alpha value is -1.07. The van der Waals surface area contributed by atoms with Gasteiger partial charge in [0.1, 0.15) is 0 Å². The zero-order valence-electron chi connectivity index (χ0n) is 11.6. The van der Waals surface area contributed by atoms with Gasteiger partial charge in [-0.1, -0.05) is 46.9 Å². The summed E-state index contributed by atoms with van der Waals surface area (Å²) in [5.41, 5.74) is 1.42. The Labute approximate surface area is 148 Å². The number of thioether (sulfide) groups is 1. The van der Waals surface area contributed by atoms with Gasteiger partial charge in [0.25, 0.3) is 0 Å². The number of benzene rings is 2. The van der Waals surface area contributed by atoms with Crippen LogP contribution < -0.4 is 10.6 Å². The lowest BCUT2D eigenvalue weighted by atomic mass is 10.2. The van der Waals surface area contributed by atoms with Gasteiger partial charge < -0.3 is 10.6 Å². The lowest BCUT2D eigenvalue weighted by Crippen LogP contribution is -2.28. The Morgan fingerprint density at radius 1 is 1.05 bits per heavy atom. The van der Waals surface area contributed by atoms with Gasteiger partial charge in [0, 0.05) is 11.4 Å². The van der Waals surface area contributed by atoms with Crippen LogP contribution in [-0.2, 0) is 6.54 Å². The zero-order valence-corrected chi connectivity index (χ0v) is 14.7.